The van der Waals surface area contributed by atoms with Gasteiger partial charge in [-0.25, -0.2) is 21.8 Å². The Kier molecular flexibility index (Phi) is 4.01. The van der Waals surface area contributed by atoms with Gasteiger partial charge in [-0.1, -0.05) is 22.0 Å². The van der Waals surface area contributed by atoms with Gasteiger partial charge in [-0.15, -0.1) is 0 Å². The van der Waals surface area contributed by atoms with Crippen molar-refractivity contribution < 1.29 is 21.6 Å². The third-order valence-corrected chi connectivity index (χ3v) is 5.49. The summed E-state index contributed by atoms with van der Waals surface area (Å²) in [5, 5.41) is 0.264. The van der Waals surface area contributed by atoms with Crippen molar-refractivity contribution in [3.63, 3.8) is 0 Å². The number of anilines is 3. The van der Waals surface area contributed by atoms with Crippen LogP contribution >= 0.6 is 15.9 Å². The Hall–Kier alpha value is -1.74. The monoisotopic (exact) mass is 406 g/mol. The fraction of sp³-hybridized carbons (Fsp3) is 0.143. The predicted molar refractivity (Wildman–Crippen MR) is 85.0 cm³/mol. The second kappa shape index (κ2) is 5.72. The zero-order valence-electron chi connectivity index (χ0n) is 11.5. The van der Waals surface area contributed by atoms with Gasteiger partial charge < -0.3 is 0 Å². The first-order chi connectivity index (χ1) is 10.9. The van der Waals surface area contributed by atoms with Crippen molar-refractivity contribution in [2.75, 3.05) is 20.5 Å². The molecule has 0 fully saturated rings. The standard InChI is InChI=1S/C14H10BrF3N2O2S/c15-6-7-19-14-10(17)2-1-3-13(14)20(23(19,21)22)12-5-4-9(16)8-11(12)18/h1-5,8H,6-7H2. The van der Waals surface area contributed by atoms with E-state index >= 15 is 0 Å². The first kappa shape index (κ1) is 16.1. The van der Waals surface area contributed by atoms with Crippen LogP contribution in [0.4, 0.5) is 30.2 Å². The molecule has 4 nitrogen and oxygen atoms in total. The molecule has 2 aromatic rings. The molecule has 0 bridgehead atoms. The smallest absolute Gasteiger partial charge is 0.247 e. The van der Waals surface area contributed by atoms with Gasteiger partial charge >= 0.3 is 10.2 Å². The molecule has 0 unspecified atom stereocenters. The molecule has 3 rings (SSSR count). The van der Waals surface area contributed by atoms with E-state index in [9.17, 15) is 21.6 Å². The van der Waals surface area contributed by atoms with Crippen LogP contribution in [0.5, 0.6) is 0 Å². The number of para-hydroxylation sites is 1. The Balaban J connectivity index is 2.27. The van der Waals surface area contributed by atoms with Gasteiger partial charge in [-0.3, -0.25) is 0 Å². The minimum Gasteiger partial charge on any atom is -0.247 e. The molecule has 0 aromatic heterocycles. The Morgan fingerprint density at radius 3 is 2.39 bits per heavy atom. The van der Waals surface area contributed by atoms with Crippen molar-refractivity contribution in [1.82, 2.24) is 0 Å². The maximum Gasteiger partial charge on any atom is 0.331 e. The minimum absolute atomic E-state index is 0.0172. The lowest BCUT2D eigenvalue weighted by Crippen LogP contribution is -2.37. The van der Waals surface area contributed by atoms with Crippen LogP contribution in [0.15, 0.2) is 36.4 Å². The lowest BCUT2D eigenvalue weighted by molar-refractivity contribution is 0.578. The summed E-state index contributed by atoms with van der Waals surface area (Å²) in [6.45, 7) is -0.0322. The van der Waals surface area contributed by atoms with Crippen molar-refractivity contribution in [2.45, 2.75) is 0 Å². The van der Waals surface area contributed by atoms with Crippen LogP contribution in [0.2, 0.25) is 0 Å². The van der Waals surface area contributed by atoms with E-state index in [2.05, 4.69) is 15.9 Å². The predicted octanol–water partition coefficient (Wildman–Crippen LogP) is 3.70. The van der Waals surface area contributed by atoms with E-state index in [1.165, 1.54) is 12.1 Å². The summed E-state index contributed by atoms with van der Waals surface area (Å²) in [5.41, 5.74) is -0.539. The number of halogens is 4. The Bertz CT molecular complexity index is 876. The fourth-order valence-electron chi connectivity index (χ4n) is 2.46. The van der Waals surface area contributed by atoms with Crippen molar-refractivity contribution in [3.8, 4) is 0 Å². The quantitative estimate of drug-likeness (QED) is 0.729. The second-order valence-electron chi connectivity index (χ2n) is 4.74. The Morgan fingerprint density at radius 2 is 1.74 bits per heavy atom. The number of alkyl halides is 1. The van der Waals surface area contributed by atoms with Gasteiger partial charge in [-0.05, 0) is 24.3 Å². The molecule has 0 aliphatic carbocycles. The molecule has 0 saturated heterocycles. The largest absolute Gasteiger partial charge is 0.331 e. The summed E-state index contributed by atoms with van der Waals surface area (Å²) < 4.78 is 68.4. The first-order valence-electron chi connectivity index (χ1n) is 6.50. The summed E-state index contributed by atoms with van der Waals surface area (Å²) in [7, 11) is -4.23. The summed E-state index contributed by atoms with van der Waals surface area (Å²) in [4.78, 5) is 0. The van der Waals surface area contributed by atoms with Crippen molar-refractivity contribution in [3.05, 3.63) is 53.8 Å². The molecule has 0 N–H and O–H groups in total. The van der Waals surface area contributed by atoms with Gasteiger partial charge in [0.2, 0.25) is 0 Å². The highest BCUT2D eigenvalue weighted by molar-refractivity contribution is 9.09. The third kappa shape index (κ3) is 2.47. The average Bonchev–Trinajstić information content (AvgIpc) is 2.69. The number of rotatable bonds is 3. The molecule has 1 aliphatic heterocycles. The zero-order chi connectivity index (χ0) is 16.8. The van der Waals surface area contributed by atoms with Gasteiger partial charge in [0.05, 0.1) is 11.4 Å². The maximum atomic E-state index is 14.2. The minimum atomic E-state index is -4.23. The molecular formula is C14H10BrF3N2O2S. The Labute approximate surface area is 139 Å². The molecule has 1 heterocycles. The summed E-state index contributed by atoms with van der Waals surface area (Å²) in [6.07, 6.45) is 0. The third-order valence-electron chi connectivity index (χ3n) is 3.36. The van der Waals surface area contributed by atoms with E-state index in [-0.39, 0.29) is 28.9 Å². The summed E-state index contributed by atoms with van der Waals surface area (Å²) >= 11 is 3.12. The number of fused-ring (bicyclic) bond motifs is 1. The van der Waals surface area contributed by atoms with E-state index in [1.807, 2.05) is 0 Å². The zero-order valence-corrected chi connectivity index (χ0v) is 13.9. The maximum absolute atomic E-state index is 14.2. The second-order valence-corrected chi connectivity index (χ2v) is 7.23. The number of hydrogen-bond donors (Lipinski definition) is 0. The molecule has 0 spiro atoms. The van der Waals surface area contributed by atoms with Gasteiger partial charge in [0.1, 0.15) is 17.3 Å². The van der Waals surface area contributed by atoms with Crippen LogP contribution in [0, 0.1) is 17.5 Å². The molecule has 0 atom stereocenters. The fourth-order valence-corrected chi connectivity index (χ4v) is 4.77. The molecule has 0 saturated carbocycles. The van der Waals surface area contributed by atoms with Crippen molar-refractivity contribution in [2.24, 2.45) is 0 Å². The molecule has 2 aromatic carbocycles. The van der Waals surface area contributed by atoms with Crippen LogP contribution in [-0.2, 0) is 10.2 Å². The van der Waals surface area contributed by atoms with Gasteiger partial charge in [0.15, 0.2) is 5.82 Å². The normalized spacial score (nSPS) is 15.8. The lowest BCUT2D eigenvalue weighted by Gasteiger charge is -2.21. The highest BCUT2D eigenvalue weighted by atomic mass is 79.9. The van der Waals surface area contributed by atoms with E-state index in [0.717, 1.165) is 22.5 Å². The van der Waals surface area contributed by atoms with Gasteiger partial charge in [-0.2, -0.15) is 8.42 Å². The topological polar surface area (TPSA) is 40.6 Å². The van der Waals surface area contributed by atoms with Crippen LogP contribution in [0.25, 0.3) is 0 Å². The highest BCUT2D eigenvalue weighted by Crippen LogP contribution is 2.47. The van der Waals surface area contributed by atoms with Crippen LogP contribution < -0.4 is 8.61 Å². The molecular weight excluding hydrogens is 397 g/mol. The van der Waals surface area contributed by atoms with Crippen molar-refractivity contribution >= 4 is 43.2 Å². The van der Waals surface area contributed by atoms with E-state index in [4.69, 9.17) is 0 Å². The van der Waals surface area contributed by atoms with E-state index in [0.29, 0.717) is 10.4 Å². The van der Waals surface area contributed by atoms with Crippen LogP contribution in [0.1, 0.15) is 0 Å². The van der Waals surface area contributed by atoms with Crippen LogP contribution in [0.3, 0.4) is 0 Å². The highest BCUT2D eigenvalue weighted by Gasteiger charge is 2.43. The number of nitrogens with zero attached hydrogens (tertiary/aromatic N) is 2. The lowest BCUT2D eigenvalue weighted by atomic mass is 10.2. The molecule has 0 radical (unpaired) electrons. The van der Waals surface area contributed by atoms with Gasteiger partial charge in [0, 0.05) is 17.9 Å². The molecule has 23 heavy (non-hydrogen) atoms. The van der Waals surface area contributed by atoms with Crippen LogP contribution in [-0.4, -0.2) is 20.3 Å². The van der Waals surface area contributed by atoms with Crippen molar-refractivity contribution in [1.29, 1.82) is 0 Å². The number of hydrogen-bond acceptors (Lipinski definition) is 2. The van der Waals surface area contributed by atoms with Gasteiger partial charge in [0.25, 0.3) is 0 Å². The first-order valence-corrected chi connectivity index (χ1v) is 9.02. The van der Waals surface area contributed by atoms with E-state index in [1.54, 1.807) is 0 Å². The Morgan fingerprint density at radius 1 is 1.00 bits per heavy atom. The van der Waals surface area contributed by atoms with E-state index < -0.39 is 27.7 Å². The molecule has 0 amide bonds. The average molecular weight is 407 g/mol. The number of benzene rings is 2. The molecule has 9 heteroatoms. The molecule has 1 aliphatic rings. The summed E-state index contributed by atoms with van der Waals surface area (Å²) in [5.74, 6) is -2.62. The molecule has 122 valence electrons. The SMILES string of the molecule is O=S1(=O)N(CCBr)c2c(F)cccc2N1c1ccc(F)cc1F. The summed E-state index contributed by atoms with van der Waals surface area (Å²) in [6, 6.07) is 6.36.